The molecule has 3 aromatic rings. The number of thiophene rings is 1. The number of anilines is 1. The van der Waals surface area contributed by atoms with Gasteiger partial charge in [-0.1, -0.05) is 0 Å². The van der Waals surface area contributed by atoms with Gasteiger partial charge in [0.1, 0.15) is 16.9 Å². The third-order valence-corrected chi connectivity index (χ3v) is 5.08. The third kappa shape index (κ3) is 3.50. The van der Waals surface area contributed by atoms with Crippen molar-refractivity contribution >= 4 is 33.6 Å². The molecule has 1 amide bonds. The predicted molar refractivity (Wildman–Crippen MR) is 93.6 cm³/mol. The lowest BCUT2D eigenvalue weighted by molar-refractivity contribution is -0.115. The Kier molecular flexibility index (Phi) is 4.69. The van der Waals surface area contributed by atoms with E-state index in [1.54, 1.807) is 23.6 Å². The van der Waals surface area contributed by atoms with E-state index in [1.165, 1.54) is 34.8 Å². The standard InChI is InChI=1S/C17H12FN3OS2/c1-10-20-16(11-2-4-13(18)5-3-11)14(24-10)8-15(22)21-17-12(9-19)6-7-23-17/h2-7H,8H2,1H3,(H,21,22). The van der Waals surface area contributed by atoms with E-state index in [1.807, 2.05) is 13.0 Å². The number of hydrogen-bond acceptors (Lipinski definition) is 5. The van der Waals surface area contributed by atoms with Crippen LogP contribution in [0.3, 0.4) is 0 Å². The van der Waals surface area contributed by atoms with Crippen LogP contribution < -0.4 is 5.32 Å². The summed E-state index contributed by atoms with van der Waals surface area (Å²) in [5.41, 5.74) is 1.92. The largest absolute Gasteiger partial charge is 0.316 e. The number of thiazole rings is 1. The first-order valence-corrected chi connectivity index (χ1v) is 8.76. The predicted octanol–water partition coefficient (Wildman–Crippen LogP) is 4.37. The summed E-state index contributed by atoms with van der Waals surface area (Å²) < 4.78 is 13.1. The van der Waals surface area contributed by atoms with Gasteiger partial charge < -0.3 is 5.32 Å². The number of hydrogen-bond donors (Lipinski definition) is 1. The Morgan fingerprint density at radius 2 is 2.08 bits per heavy atom. The number of carbonyl (C=O) groups excluding carboxylic acids is 1. The molecule has 2 heterocycles. The highest BCUT2D eigenvalue weighted by Gasteiger charge is 2.16. The summed E-state index contributed by atoms with van der Waals surface area (Å²) in [4.78, 5) is 17.6. The Bertz CT molecular complexity index is 922. The Balaban J connectivity index is 1.82. The lowest BCUT2D eigenvalue weighted by Gasteiger charge is -2.04. The van der Waals surface area contributed by atoms with Crippen molar-refractivity contribution in [1.29, 1.82) is 5.26 Å². The molecule has 0 aliphatic carbocycles. The monoisotopic (exact) mass is 357 g/mol. The summed E-state index contributed by atoms with van der Waals surface area (Å²) >= 11 is 2.75. The van der Waals surface area contributed by atoms with Crippen molar-refractivity contribution in [3.63, 3.8) is 0 Å². The third-order valence-electron chi connectivity index (χ3n) is 3.28. The van der Waals surface area contributed by atoms with Gasteiger partial charge in [-0.3, -0.25) is 4.79 Å². The summed E-state index contributed by atoms with van der Waals surface area (Å²) in [6.07, 6.45) is 0.154. The molecule has 0 aliphatic heterocycles. The van der Waals surface area contributed by atoms with Crippen LogP contribution in [0.25, 0.3) is 11.3 Å². The van der Waals surface area contributed by atoms with Crippen LogP contribution in [-0.4, -0.2) is 10.9 Å². The van der Waals surface area contributed by atoms with Crippen LogP contribution in [0.15, 0.2) is 35.7 Å². The lowest BCUT2D eigenvalue weighted by atomic mass is 10.1. The first-order chi connectivity index (χ1) is 11.6. The van der Waals surface area contributed by atoms with E-state index in [4.69, 9.17) is 5.26 Å². The highest BCUT2D eigenvalue weighted by atomic mass is 32.1. The molecule has 0 bridgehead atoms. The molecule has 120 valence electrons. The fraction of sp³-hybridized carbons (Fsp3) is 0.118. The van der Waals surface area contributed by atoms with Gasteiger partial charge in [0.15, 0.2) is 0 Å². The minimum atomic E-state index is -0.313. The minimum Gasteiger partial charge on any atom is -0.316 e. The second kappa shape index (κ2) is 6.91. The second-order valence-electron chi connectivity index (χ2n) is 5.01. The zero-order valence-electron chi connectivity index (χ0n) is 12.7. The van der Waals surface area contributed by atoms with Crippen LogP contribution in [0.5, 0.6) is 0 Å². The number of amides is 1. The molecule has 24 heavy (non-hydrogen) atoms. The maximum atomic E-state index is 13.1. The van der Waals surface area contributed by atoms with Crippen molar-refractivity contribution in [1.82, 2.24) is 4.98 Å². The van der Waals surface area contributed by atoms with Crippen LogP contribution in [0.1, 0.15) is 15.4 Å². The molecule has 7 heteroatoms. The minimum absolute atomic E-state index is 0.154. The number of nitrogens with one attached hydrogen (secondary N) is 1. The maximum Gasteiger partial charge on any atom is 0.230 e. The van der Waals surface area contributed by atoms with Crippen LogP contribution in [0, 0.1) is 24.1 Å². The fourth-order valence-electron chi connectivity index (χ4n) is 2.23. The number of halogens is 1. The van der Waals surface area contributed by atoms with Gasteiger partial charge in [0.25, 0.3) is 0 Å². The molecule has 1 N–H and O–H groups in total. The first-order valence-electron chi connectivity index (χ1n) is 7.06. The molecule has 4 nitrogen and oxygen atoms in total. The average Bonchev–Trinajstić information content (AvgIpc) is 3.14. The van der Waals surface area contributed by atoms with Crippen LogP contribution in [0.2, 0.25) is 0 Å². The summed E-state index contributed by atoms with van der Waals surface area (Å²) in [6, 6.07) is 9.76. The zero-order chi connectivity index (χ0) is 17.1. The van der Waals surface area contributed by atoms with Gasteiger partial charge in [-0.05, 0) is 42.6 Å². The summed E-state index contributed by atoms with van der Waals surface area (Å²) in [7, 11) is 0. The number of aromatic nitrogens is 1. The van der Waals surface area contributed by atoms with E-state index in [0.29, 0.717) is 16.3 Å². The van der Waals surface area contributed by atoms with Crippen molar-refractivity contribution in [2.45, 2.75) is 13.3 Å². The molecule has 0 fully saturated rings. The van der Waals surface area contributed by atoms with Gasteiger partial charge >= 0.3 is 0 Å². The van der Waals surface area contributed by atoms with Crippen molar-refractivity contribution < 1.29 is 9.18 Å². The van der Waals surface area contributed by atoms with E-state index in [2.05, 4.69) is 10.3 Å². The van der Waals surface area contributed by atoms with E-state index < -0.39 is 0 Å². The van der Waals surface area contributed by atoms with Crippen molar-refractivity contribution in [2.24, 2.45) is 0 Å². The Labute approximate surface area is 146 Å². The highest BCUT2D eigenvalue weighted by molar-refractivity contribution is 7.14. The van der Waals surface area contributed by atoms with Crippen molar-refractivity contribution in [3.05, 3.63) is 57.0 Å². The summed E-state index contributed by atoms with van der Waals surface area (Å²) in [5.74, 6) is -0.521. The molecule has 0 unspecified atom stereocenters. The number of aryl methyl sites for hydroxylation is 1. The molecule has 2 aromatic heterocycles. The number of rotatable bonds is 4. The van der Waals surface area contributed by atoms with E-state index in [-0.39, 0.29) is 18.1 Å². The zero-order valence-corrected chi connectivity index (χ0v) is 14.3. The SMILES string of the molecule is Cc1nc(-c2ccc(F)cc2)c(CC(=O)Nc2sccc2C#N)s1. The quantitative estimate of drug-likeness (QED) is 0.754. The van der Waals surface area contributed by atoms with E-state index in [0.717, 1.165) is 15.4 Å². The van der Waals surface area contributed by atoms with Gasteiger partial charge in [0.05, 0.1) is 22.7 Å². The van der Waals surface area contributed by atoms with Crippen molar-refractivity contribution in [3.8, 4) is 17.3 Å². The molecule has 0 saturated carbocycles. The second-order valence-corrected chi connectivity index (χ2v) is 7.22. The molecule has 1 aromatic carbocycles. The van der Waals surface area contributed by atoms with Crippen LogP contribution >= 0.6 is 22.7 Å². The Hall–Kier alpha value is -2.56. The molecule has 0 radical (unpaired) electrons. The molecule has 0 aliphatic rings. The topological polar surface area (TPSA) is 65.8 Å². The normalized spacial score (nSPS) is 10.4. The van der Waals surface area contributed by atoms with Crippen molar-refractivity contribution in [2.75, 3.05) is 5.32 Å². The average molecular weight is 357 g/mol. The molecular formula is C17H12FN3OS2. The van der Waals surface area contributed by atoms with Gasteiger partial charge in [0, 0.05) is 10.4 Å². The van der Waals surface area contributed by atoms with Crippen LogP contribution in [-0.2, 0) is 11.2 Å². The molecule has 0 saturated heterocycles. The van der Waals surface area contributed by atoms with Gasteiger partial charge in [-0.25, -0.2) is 9.37 Å². The molecular weight excluding hydrogens is 345 g/mol. The first kappa shape index (κ1) is 16.3. The number of nitriles is 1. The van der Waals surface area contributed by atoms with Gasteiger partial charge in [0.2, 0.25) is 5.91 Å². The maximum absolute atomic E-state index is 13.1. The molecule has 0 atom stereocenters. The van der Waals surface area contributed by atoms with Crippen LogP contribution in [0.4, 0.5) is 9.39 Å². The fourth-order valence-corrected chi connectivity index (χ4v) is 3.94. The number of benzene rings is 1. The molecule has 0 spiro atoms. The highest BCUT2D eigenvalue weighted by Crippen LogP contribution is 2.29. The number of nitrogens with zero attached hydrogens (tertiary/aromatic N) is 2. The Morgan fingerprint density at radius 3 is 2.79 bits per heavy atom. The molecule has 3 rings (SSSR count). The van der Waals surface area contributed by atoms with Gasteiger partial charge in [-0.15, -0.1) is 22.7 Å². The number of carbonyl (C=O) groups is 1. The Morgan fingerprint density at radius 1 is 1.33 bits per heavy atom. The summed E-state index contributed by atoms with van der Waals surface area (Å²) in [5, 5.41) is 14.9. The smallest absolute Gasteiger partial charge is 0.230 e. The lowest BCUT2D eigenvalue weighted by Crippen LogP contribution is -2.14. The summed E-state index contributed by atoms with van der Waals surface area (Å²) in [6.45, 7) is 1.87. The van der Waals surface area contributed by atoms with E-state index in [9.17, 15) is 9.18 Å². The van der Waals surface area contributed by atoms with E-state index >= 15 is 0 Å². The van der Waals surface area contributed by atoms with Gasteiger partial charge in [-0.2, -0.15) is 5.26 Å².